The second-order valence-electron chi connectivity index (χ2n) is 5.13. The number of hydrogen-bond donors (Lipinski definition) is 3. The van der Waals surface area contributed by atoms with Gasteiger partial charge in [0.15, 0.2) is 0 Å². The Morgan fingerprint density at radius 2 is 2.00 bits per heavy atom. The number of aliphatic hydroxyl groups is 3. The van der Waals surface area contributed by atoms with Gasteiger partial charge in [-0.2, -0.15) is 0 Å². The fourth-order valence-electron chi connectivity index (χ4n) is 2.76. The Bertz CT molecular complexity index is 361. The molecule has 114 valence electrons. The van der Waals surface area contributed by atoms with Crippen molar-refractivity contribution in [3.05, 3.63) is 10.2 Å². The average molecular weight is 398 g/mol. The molecule has 0 aliphatic carbocycles. The number of rotatable bonds is 4. The van der Waals surface area contributed by atoms with Crippen molar-refractivity contribution < 1.29 is 29.6 Å². The highest BCUT2D eigenvalue weighted by molar-refractivity contribution is 14.1. The largest absolute Gasteiger partial charge is 0.387 e. The predicted octanol–water partition coefficient (Wildman–Crippen LogP) is -0.0782. The zero-order valence-corrected chi connectivity index (χ0v) is 13.0. The molecule has 0 aromatic carbocycles. The summed E-state index contributed by atoms with van der Waals surface area (Å²) in [7, 11) is 0. The molecule has 2 fully saturated rings. The second kappa shape index (κ2) is 7.28. The van der Waals surface area contributed by atoms with E-state index in [0.29, 0.717) is 12.8 Å². The van der Waals surface area contributed by atoms with Gasteiger partial charge in [0.1, 0.15) is 36.8 Å². The van der Waals surface area contributed by atoms with Crippen LogP contribution in [-0.4, -0.2) is 64.3 Å². The standard InChI is InChI=1S/C13H19IO6/c14-5-3-8(16)12-10(17)11(18)13-9(20-12)2-1-7(19-13)4-6-15/h3,5-13,16-18H,1-2,4H2/b5-3+/t7?,8?,9?,10?,11?,12-,13-/m0/s1. The molecule has 2 aliphatic rings. The summed E-state index contributed by atoms with van der Waals surface area (Å²) < 4.78 is 13.0. The molecule has 2 saturated heterocycles. The van der Waals surface area contributed by atoms with Crippen LogP contribution < -0.4 is 0 Å². The number of aliphatic hydroxyl groups excluding tert-OH is 3. The maximum atomic E-state index is 10.5. The maximum absolute atomic E-state index is 10.5. The summed E-state index contributed by atoms with van der Waals surface area (Å²) in [5.41, 5.74) is 0. The lowest BCUT2D eigenvalue weighted by molar-refractivity contribution is -0.273. The van der Waals surface area contributed by atoms with E-state index in [4.69, 9.17) is 9.47 Å². The molecule has 0 saturated carbocycles. The summed E-state index contributed by atoms with van der Waals surface area (Å²) in [4.78, 5) is 10.5. The zero-order valence-electron chi connectivity index (χ0n) is 10.8. The Kier molecular flexibility index (Phi) is 5.94. The van der Waals surface area contributed by atoms with Crippen LogP contribution >= 0.6 is 22.6 Å². The number of fused-ring (bicyclic) bond motifs is 1. The van der Waals surface area contributed by atoms with E-state index in [1.54, 1.807) is 4.08 Å². The Labute approximate surface area is 130 Å². The van der Waals surface area contributed by atoms with E-state index in [1.807, 2.05) is 22.6 Å². The number of aldehydes is 1. The molecular formula is C13H19IO6. The molecule has 2 rings (SSSR count). The topological polar surface area (TPSA) is 96.2 Å². The first-order valence-electron chi connectivity index (χ1n) is 6.64. The average Bonchev–Trinajstić information content (AvgIpc) is 2.44. The van der Waals surface area contributed by atoms with Gasteiger partial charge in [-0.15, -0.1) is 0 Å². The van der Waals surface area contributed by atoms with Gasteiger partial charge >= 0.3 is 0 Å². The summed E-state index contributed by atoms with van der Waals surface area (Å²) in [6.07, 6.45) is -1.64. The fraction of sp³-hybridized carbons (Fsp3) is 0.769. The van der Waals surface area contributed by atoms with Crippen LogP contribution in [0.3, 0.4) is 0 Å². The molecule has 2 aliphatic heterocycles. The van der Waals surface area contributed by atoms with Gasteiger partial charge in [-0.05, 0) is 23.0 Å². The van der Waals surface area contributed by atoms with E-state index in [1.165, 1.54) is 6.08 Å². The van der Waals surface area contributed by atoms with Crippen LogP contribution in [-0.2, 0) is 14.3 Å². The number of hydrogen-bond acceptors (Lipinski definition) is 6. The molecule has 0 bridgehead atoms. The molecule has 3 N–H and O–H groups in total. The summed E-state index contributed by atoms with van der Waals surface area (Å²) in [5, 5.41) is 30.1. The zero-order chi connectivity index (χ0) is 14.7. The van der Waals surface area contributed by atoms with Crippen LogP contribution in [0.5, 0.6) is 0 Å². The summed E-state index contributed by atoms with van der Waals surface area (Å²) in [6, 6.07) is 0. The summed E-state index contributed by atoms with van der Waals surface area (Å²) in [5.74, 6) is 0. The Morgan fingerprint density at radius 1 is 1.25 bits per heavy atom. The number of carbonyl (C=O) groups is 1. The van der Waals surface area contributed by atoms with Crippen molar-refractivity contribution in [2.45, 2.75) is 62.0 Å². The highest BCUT2D eigenvalue weighted by Gasteiger charge is 2.49. The van der Waals surface area contributed by atoms with E-state index in [-0.39, 0.29) is 18.6 Å². The third kappa shape index (κ3) is 3.40. The molecule has 0 aromatic rings. The van der Waals surface area contributed by atoms with Gasteiger partial charge in [-0.3, -0.25) is 0 Å². The highest BCUT2D eigenvalue weighted by Crippen LogP contribution is 2.33. The Morgan fingerprint density at radius 3 is 2.65 bits per heavy atom. The van der Waals surface area contributed by atoms with Crippen LogP contribution in [0.25, 0.3) is 0 Å². The Balaban J connectivity index is 2.06. The number of carbonyl (C=O) groups excluding carboxylic acids is 1. The molecule has 6 nitrogen and oxygen atoms in total. The number of ether oxygens (including phenoxy) is 2. The smallest absolute Gasteiger partial charge is 0.122 e. The summed E-state index contributed by atoms with van der Waals surface area (Å²) in [6.45, 7) is 0. The minimum absolute atomic E-state index is 0.241. The molecule has 5 unspecified atom stereocenters. The van der Waals surface area contributed by atoms with Crippen molar-refractivity contribution in [1.29, 1.82) is 0 Å². The van der Waals surface area contributed by atoms with Crippen molar-refractivity contribution in [2.24, 2.45) is 0 Å². The first kappa shape index (κ1) is 16.3. The van der Waals surface area contributed by atoms with Gasteiger partial charge in [0.25, 0.3) is 0 Å². The molecule has 0 spiro atoms. The molecule has 2 heterocycles. The third-order valence-corrected chi connectivity index (χ3v) is 4.23. The van der Waals surface area contributed by atoms with Gasteiger partial charge in [-0.25, -0.2) is 0 Å². The van der Waals surface area contributed by atoms with Gasteiger partial charge in [-0.1, -0.05) is 22.6 Å². The third-order valence-electron chi connectivity index (χ3n) is 3.81. The molecule has 0 amide bonds. The number of halogens is 1. The fourth-order valence-corrected chi connectivity index (χ4v) is 3.18. The SMILES string of the molecule is O=CCC1CCC2O[C@@H](C(O)/C=C/I)C(O)C(O)[C@H]2O1. The monoisotopic (exact) mass is 398 g/mol. The minimum atomic E-state index is -1.23. The van der Waals surface area contributed by atoms with Gasteiger partial charge < -0.3 is 29.6 Å². The van der Waals surface area contributed by atoms with E-state index >= 15 is 0 Å². The highest BCUT2D eigenvalue weighted by atomic mass is 127. The Hall–Kier alpha value is -0.0600. The lowest BCUT2D eigenvalue weighted by Gasteiger charge is -2.47. The normalized spacial score (nSPS) is 43.2. The van der Waals surface area contributed by atoms with Crippen molar-refractivity contribution in [1.82, 2.24) is 0 Å². The summed E-state index contributed by atoms with van der Waals surface area (Å²) >= 11 is 1.96. The van der Waals surface area contributed by atoms with Crippen LogP contribution in [0, 0.1) is 0 Å². The molecular weight excluding hydrogens is 379 g/mol. The van der Waals surface area contributed by atoms with E-state index in [9.17, 15) is 20.1 Å². The molecule has 7 atom stereocenters. The molecule has 7 heteroatoms. The van der Waals surface area contributed by atoms with E-state index in [0.717, 1.165) is 6.29 Å². The van der Waals surface area contributed by atoms with Crippen LogP contribution in [0.1, 0.15) is 19.3 Å². The lowest BCUT2D eigenvalue weighted by atomic mass is 9.87. The van der Waals surface area contributed by atoms with Crippen molar-refractivity contribution >= 4 is 28.9 Å². The quantitative estimate of drug-likeness (QED) is 0.453. The van der Waals surface area contributed by atoms with Gasteiger partial charge in [0.05, 0.1) is 12.2 Å². The first-order valence-corrected chi connectivity index (χ1v) is 7.88. The maximum Gasteiger partial charge on any atom is 0.122 e. The van der Waals surface area contributed by atoms with E-state index in [2.05, 4.69) is 0 Å². The van der Waals surface area contributed by atoms with Crippen LogP contribution in [0.15, 0.2) is 10.2 Å². The van der Waals surface area contributed by atoms with E-state index < -0.39 is 30.5 Å². The van der Waals surface area contributed by atoms with Crippen LogP contribution in [0.4, 0.5) is 0 Å². The van der Waals surface area contributed by atoms with Crippen molar-refractivity contribution in [2.75, 3.05) is 0 Å². The lowest BCUT2D eigenvalue weighted by Crippen LogP contribution is -2.63. The molecule has 0 aromatic heterocycles. The predicted molar refractivity (Wildman–Crippen MR) is 78.4 cm³/mol. The van der Waals surface area contributed by atoms with Crippen LogP contribution in [0.2, 0.25) is 0 Å². The van der Waals surface area contributed by atoms with Gasteiger partial charge in [0, 0.05) is 6.42 Å². The van der Waals surface area contributed by atoms with Crippen molar-refractivity contribution in [3.63, 3.8) is 0 Å². The second-order valence-corrected chi connectivity index (χ2v) is 5.85. The van der Waals surface area contributed by atoms with Gasteiger partial charge in [0.2, 0.25) is 0 Å². The first-order chi connectivity index (χ1) is 9.58. The molecule has 20 heavy (non-hydrogen) atoms. The molecule has 0 radical (unpaired) electrons. The van der Waals surface area contributed by atoms with Crippen molar-refractivity contribution in [3.8, 4) is 0 Å². The minimum Gasteiger partial charge on any atom is -0.387 e.